The lowest BCUT2D eigenvalue weighted by atomic mass is 10.1. The van der Waals surface area contributed by atoms with Gasteiger partial charge in [-0.25, -0.2) is 0 Å². The molecule has 3 nitrogen and oxygen atoms in total. The quantitative estimate of drug-likeness (QED) is 0.772. The second-order valence-electron chi connectivity index (χ2n) is 3.24. The number of methoxy groups -OCH3 is 1. The van der Waals surface area contributed by atoms with Crippen LogP contribution in [-0.4, -0.2) is 18.2 Å². The van der Waals surface area contributed by atoms with Gasteiger partial charge in [0.15, 0.2) is 0 Å². The van der Waals surface area contributed by atoms with E-state index < -0.39 is 0 Å². The van der Waals surface area contributed by atoms with Crippen molar-refractivity contribution in [2.45, 2.75) is 13.3 Å². The Morgan fingerprint density at radius 3 is 2.93 bits per heavy atom. The second-order valence-corrected chi connectivity index (χ2v) is 3.24. The fraction of sp³-hybridized carbons (Fsp3) is 0.250. The van der Waals surface area contributed by atoms with Crippen LogP contribution in [0.2, 0.25) is 0 Å². The van der Waals surface area contributed by atoms with Gasteiger partial charge in [-0.2, -0.15) is 0 Å². The van der Waals surface area contributed by atoms with Crippen molar-refractivity contribution in [3.05, 3.63) is 35.4 Å². The predicted molar refractivity (Wildman–Crippen MR) is 58.5 cm³/mol. The van der Waals surface area contributed by atoms with Gasteiger partial charge in [-0.1, -0.05) is 23.8 Å². The van der Waals surface area contributed by atoms with Crippen LogP contribution in [-0.2, 0) is 9.53 Å². The summed E-state index contributed by atoms with van der Waals surface area (Å²) in [6.07, 6.45) is 3.59. The Hall–Kier alpha value is -1.77. The number of benzene rings is 1. The minimum Gasteiger partial charge on any atom is -0.507 e. The van der Waals surface area contributed by atoms with Crippen molar-refractivity contribution < 1.29 is 14.6 Å². The van der Waals surface area contributed by atoms with E-state index in [9.17, 15) is 9.90 Å². The minimum absolute atomic E-state index is 0.210. The summed E-state index contributed by atoms with van der Waals surface area (Å²) in [5.74, 6) is -0.0832. The van der Waals surface area contributed by atoms with E-state index in [0.29, 0.717) is 5.56 Å². The molecule has 0 saturated carbocycles. The standard InChI is InChI=1S/C12H14O3/c1-9-6-7-11(13)10(8-9)4-3-5-12(14)15-2/h3-4,6-8,13H,5H2,1-2H3. The molecule has 1 N–H and O–H groups in total. The molecule has 0 bridgehead atoms. The molecule has 80 valence electrons. The Labute approximate surface area is 89.0 Å². The first kappa shape index (κ1) is 11.3. The van der Waals surface area contributed by atoms with Crippen LogP contribution in [0.15, 0.2) is 24.3 Å². The van der Waals surface area contributed by atoms with E-state index in [1.807, 2.05) is 19.1 Å². The van der Waals surface area contributed by atoms with Gasteiger partial charge in [-0.3, -0.25) is 4.79 Å². The molecule has 0 amide bonds. The minimum atomic E-state index is -0.293. The lowest BCUT2D eigenvalue weighted by molar-refractivity contribution is -0.139. The van der Waals surface area contributed by atoms with Gasteiger partial charge < -0.3 is 9.84 Å². The molecule has 3 heteroatoms. The van der Waals surface area contributed by atoms with Gasteiger partial charge >= 0.3 is 5.97 Å². The third-order valence-electron chi connectivity index (χ3n) is 1.99. The van der Waals surface area contributed by atoms with Crippen molar-refractivity contribution >= 4 is 12.0 Å². The first-order valence-corrected chi connectivity index (χ1v) is 4.66. The lowest BCUT2D eigenvalue weighted by Gasteiger charge is -2.00. The molecule has 0 saturated heterocycles. The van der Waals surface area contributed by atoms with Gasteiger partial charge in [-0.05, 0) is 19.1 Å². The van der Waals surface area contributed by atoms with Crippen molar-refractivity contribution in [1.29, 1.82) is 0 Å². The molecular weight excluding hydrogens is 192 g/mol. The van der Waals surface area contributed by atoms with Crippen LogP contribution in [0, 0.1) is 6.92 Å². The number of phenols is 1. The van der Waals surface area contributed by atoms with Gasteiger partial charge in [0.25, 0.3) is 0 Å². The monoisotopic (exact) mass is 206 g/mol. The van der Waals surface area contributed by atoms with Crippen LogP contribution < -0.4 is 0 Å². The van der Waals surface area contributed by atoms with Gasteiger partial charge in [0.05, 0.1) is 13.5 Å². The zero-order valence-corrected chi connectivity index (χ0v) is 8.86. The lowest BCUT2D eigenvalue weighted by Crippen LogP contribution is -1.96. The van der Waals surface area contributed by atoms with Gasteiger partial charge in [0.2, 0.25) is 0 Å². The normalized spacial score (nSPS) is 10.5. The Morgan fingerprint density at radius 2 is 2.27 bits per heavy atom. The van der Waals surface area contributed by atoms with E-state index in [1.54, 1.807) is 18.2 Å². The zero-order chi connectivity index (χ0) is 11.3. The van der Waals surface area contributed by atoms with Crippen molar-refractivity contribution in [3.63, 3.8) is 0 Å². The van der Waals surface area contributed by atoms with Crippen molar-refractivity contribution in [2.24, 2.45) is 0 Å². The Morgan fingerprint density at radius 1 is 1.53 bits per heavy atom. The number of esters is 1. The van der Waals surface area contributed by atoms with E-state index in [2.05, 4.69) is 4.74 Å². The maximum Gasteiger partial charge on any atom is 0.309 e. The first-order valence-electron chi connectivity index (χ1n) is 4.66. The molecule has 0 heterocycles. The second kappa shape index (κ2) is 5.20. The SMILES string of the molecule is COC(=O)CC=Cc1cc(C)ccc1O. The summed E-state index contributed by atoms with van der Waals surface area (Å²) < 4.78 is 4.49. The smallest absolute Gasteiger partial charge is 0.309 e. The number of hydrogen-bond acceptors (Lipinski definition) is 3. The van der Waals surface area contributed by atoms with E-state index in [-0.39, 0.29) is 18.1 Å². The molecule has 0 aliphatic heterocycles. The average molecular weight is 206 g/mol. The predicted octanol–water partition coefficient (Wildman–Crippen LogP) is 2.28. The molecule has 15 heavy (non-hydrogen) atoms. The van der Waals surface area contributed by atoms with Crippen LogP contribution in [0.1, 0.15) is 17.5 Å². The molecule has 0 radical (unpaired) electrons. The van der Waals surface area contributed by atoms with Crippen molar-refractivity contribution in [3.8, 4) is 5.75 Å². The molecule has 1 aromatic rings. The number of carbonyl (C=O) groups is 1. The van der Waals surface area contributed by atoms with Gasteiger partial charge in [0.1, 0.15) is 5.75 Å². The molecule has 0 aromatic heterocycles. The Balaban J connectivity index is 2.71. The number of ether oxygens (including phenoxy) is 1. The summed E-state index contributed by atoms with van der Waals surface area (Å²) in [5.41, 5.74) is 1.77. The van der Waals surface area contributed by atoms with E-state index in [4.69, 9.17) is 0 Å². The van der Waals surface area contributed by atoms with E-state index >= 15 is 0 Å². The van der Waals surface area contributed by atoms with Crippen LogP contribution in [0.25, 0.3) is 6.08 Å². The number of carbonyl (C=O) groups excluding carboxylic acids is 1. The maximum absolute atomic E-state index is 10.8. The molecule has 0 unspecified atom stereocenters. The largest absolute Gasteiger partial charge is 0.507 e. The summed E-state index contributed by atoms with van der Waals surface area (Å²) in [6, 6.07) is 5.31. The van der Waals surface area contributed by atoms with Crippen molar-refractivity contribution in [1.82, 2.24) is 0 Å². The van der Waals surface area contributed by atoms with E-state index in [0.717, 1.165) is 5.56 Å². The number of aromatic hydroxyl groups is 1. The molecule has 0 fully saturated rings. The van der Waals surface area contributed by atoms with Gasteiger partial charge in [-0.15, -0.1) is 0 Å². The highest BCUT2D eigenvalue weighted by atomic mass is 16.5. The van der Waals surface area contributed by atoms with Crippen LogP contribution in [0.5, 0.6) is 5.75 Å². The number of aryl methyl sites for hydroxylation is 1. The number of phenolic OH excluding ortho intramolecular Hbond substituents is 1. The highest BCUT2D eigenvalue weighted by Crippen LogP contribution is 2.19. The fourth-order valence-electron chi connectivity index (χ4n) is 1.17. The summed E-state index contributed by atoms with van der Waals surface area (Å²) in [4.78, 5) is 10.8. The highest BCUT2D eigenvalue weighted by molar-refractivity contribution is 5.73. The van der Waals surface area contributed by atoms with Crippen LogP contribution in [0.4, 0.5) is 0 Å². The average Bonchev–Trinajstić information content (AvgIpc) is 2.23. The Bertz CT molecular complexity index is 380. The molecule has 1 rings (SSSR count). The summed E-state index contributed by atoms with van der Waals surface area (Å²) >= 11 is 0. The number of rotatable bonds is 3. The third-order valence-corrected chi connectivity index (χ3v) is 1.99. The van der Waals surface area contributed by atoms with Gasteiger partial charge in [0, 0.05) is 5.56 Å². The van der Waals surface area contributed by atoms with Crippen LogP contribution in [0.3, 0.4) is 0 Å². The fourth-order valence-corrected chi connectivity index (χ4v) is 1.17. The summed E-state index contributed by atoms with van der Waals surface area (Å²) in [6.45, 7) is 1.94. The summed E-state index contributed by atoms with van der Waals surface area (Å²) in [5, 5.41) is 9.49. The molecule has 0 aliphatic rings. The maximum atomic E-state index is 10.8. The highest BCUT2D eigenvalue weighted by Gasteiger charge is 1.98. The topological polar surface area (TPSA) is 46.5 Å². The molecular formula is C12H14O3. The molecule has 0 spiro atoms. The zero-order valence-electron chi connectivity index (χ0n) is 8.86. The molecule has 1 aromatic carbocycles. The van der Waals surface area contributed by atoms with Crippen LogP contribution >= 0.6 is 0 Å². The summed E-state index contributed by atoms with van der Waals surface area (Å²) in [7, 11) is 1.35. The molecule has 0 atom stereocenters. The third kappa shape index (κ3) is 3.46. The van der Waals surface area contributed by atoms with E-state index in [1.165, 1.54) is 7.11 Å². The van der Waals surface area contributed by atoms with Crippen molar-refractivity contribution in [2.75, 3.05) is 7.11 Å². The molecule has 0 aliphatic carbocycles. The number of hydrogen-bond donors (Lipinski definition) is 1. The first-order chi connectivity index (χ1) is 7.13. The Kier molecular flexibility index (Phi) is 3.92.